The molecular formula is C26H31F3N2O3. The zero-order valence-electron chi connectivity index (χ0n) is 19.8. The summed E-state index contributed by atoms with van der Waals surface area (Å²) in [5.41, 5.74) is -0.105. The molecule has 2 amide bonds. The van der Waals surface area contributed by atoms with Crippen molar-refractivity contribution in [2.45, 2.75) is 45.8 Å². The van der Waals surface area contributed by atoms with Crippen molar-refractivity contribution < 1.29 is 27.5 Å². The Labute approximate surface area is 198 Å². The molecule has 0 unspecified atom stereocenters. The first kappa shape index (κ1) is 25.6. The number of rotatable bonds is 3. The van der Waals surface area contributed by atoms with Crippen molar-refractivity contribution in [3.63, 3.8) is 0 Å². The number of halogens is 3. The maximum absolute atomic E-state index is 13.4. The monoisotopic (exact) mass is 476 g/mol. The standard InChI is InChI=1S/C26H31F3N2O3/c1-4-30-15-7-8-16-31(24(32)19-11-13-20(14-12-19)26(27,28)29)22(18(2)3)17-34-23-10-6-5-9-21(23)25(30)33/h5-6,9-14,18,22H,4,7-8,15-17H2,1-3H3/t22-/m1/s1. The van der Waals surface area contributed by atoms with E-state index in [0.717, 1.165) is 12.1 Å². The highest BCUT2D eigenvalue weighted by Crippen LogP contribution is 2.30. The third kappa shape index (κ3) is 5.90. The van der Waals surface area contributed by atoms with Crippen molar-refractivity contribution in [1.29, 1.82) is 0 Å². The van der Waals surface area contributed by atoms with E-state index in [0.29, 0.717) is 43.8 Å². The summed E-state index contributed by atoms with van der Waals surface area (Å²) in [4.78, 5) is 30.0. The maximum Gasteiger partial charge on any atom is 0.416 e. The van der Waals surface area contributed by atoms with Gasteiger partial charge in [-0.25, -0.2) is 0 Å². The van der Waals surface area contributed by atoms with Crippen molar-refractivity contribution in [2.75, 3.05) is 26.2 Å². The highest BCUT2D eigenvalue weighted by molar-refractivity contribution is 5.97. The van der Waals surface area contributed by atoms with E-state index in [-0.39, 0.29) is 35.9 Å². The first-order chi connectivity index (χ1) is 16.1. The molecule has 2 aromatic carbocycles. The Kier molecular flexibility index (Phi) is 8.23. The van der Waals surface area contributed by atoms with Gasteiger partial charge in [-0.15, -0.1) is 0 Å². The van der Waals surface area contributed by atoms with Gasteiger partial charge in [-0.2, -0.15) is 13.2 Å². The van der Waals surface area contributed by atoms with Crippen LogP contribution in [0.4, 0.5) is 13.2 Å². The van der Waals surface area contributed by atoms with Gasteiger partial charge < -0.3 is 14.5 Å². The molecule has 0 spiro atoms. The topological polar surface area (TPSA) is 49.9 Å². The van der Waals surface area contributed by atoms with Crippen molar-refractivity contribution >= 4 is 11.8 Å². The molecular weight excluding hydrogens is 445 g/mol. The van der Waals surface area contributed by atoms with E-state index in [1.165, 1.54) is 12.1 Å². The second-order valence-corrected chi connectivity index (χ2v) is 8.78. The Hall–Kier alpha value is -3.03. The third-order valence-corrected chi connectivity index (χ3v) is 6.16. The first-order valence-corrected chi connectivity index (χ1v) is 11.6. The van der Waals surface area contributed by atoms with E-state index in [1.54, 1.807) is 34.1 Å². The zero-order valence-corrected chi connectivity index (χ0v) is 19.8. The number of hydrogen-bond donors (Lipinski definition) is 0. The summed E-state index contributed by atoms with van der Waals surface area (Å²) < 4.78 is 45.0. The minimum absolute atomic E-state index is 0.0244. The fourth-order valence-corrected chi connectivity index (χ4v) is 4.13. The smallest absolute Gasteiger partial charge is 0.416 e. The van der Waals surface area contributed by atoms with Crippen molar-refractivity contribution in [2.24, 2.45) is 5.92 Å². The lowest BCUT2D eigenvalue weighted by Gasteiger charge is -2.35. The van der Waals surface area contributed by atoms with E-state index < -0.39 is 11.7 Å². The van der Waals surface area contributed by atoms with Gasteiger partial charge >= 0.3 is 6.18 Å². The summed E-state index contributed by atoms with van der Waals surface area (Å²) >= 11 is 0. The second kappa shape index (κ2) is 10.9. The molecule has 1 heterocycles. The van der Waals surface area contributed by atoms with E-state index in [4.69, 9.17) is 4.74 Å². The fourth-order valence-electron chi connectivity index (χ4n) is 4.13. The van der Waals surface area contributed by atoms with Crippen LogP contribution in [0.15, 0.2) is 48.5 Å². The number of nitrogens with zero attached hydrogens (tertiary/aromatic N) is 2. The van der Waals surface area contributed by atoms with Crippen LogP contribution in [0.25, 0.3) is 0 Å². The van der Waals surface area contributed by atoms with Gasteiger partial charge in [-0.1, -0.05) is 26.0 Å². The number of fused-ring (bicyclic) bond motifs is 1. The van der Waals surface area contributed by atoms with Gasteiger partial charge in [0, 0.05) is 25.2 Å². The molecule has 8 heteroatoms. The number of alkyl halides is 3. The van der Waals surface area contributed by atoms with Crippen molar-refractivity contribution in [3.8, 4) is 5.75 Å². The van der Waals surface area contributed by atoms with Gasteiger partial charge in [0.1, 0.15) is 12.4 Å². The molecule has 1 atom stereocenters. The van der Waals surface area contributed by atoms with Gasteiger partial charge in [0.05, 0.1) is 17.2 Å². The third-order valence-electron chi connectivity index (χ3n) is 6.16. The lowest BCUT2D eigenvalue weighted by Crippen LogP contribution is -2.47. The molecule has 0 N–H and O–H groups in total. The van der Waals surface area contributed by atoms with Gasteiger partial charge in [-0.05, 0) is 62.1 Å². The van der Waals surface area contributed by atoms with Crippen LogP contribution < -0.4 is 4.74 Å². The minimum atomic E-state index is -4.46. The molecule has 0 saturated carbocycles. The van der Waals surface area contributed by atoms with E-state index in [2.05, 4.69) is 0 Å². The molecule has 0 aliphatic carbocycles. The first-order valence-electron chi connectivity index (χ1n) is 11.6. The molecule has 0 radical (unpaired) electrons. The SMILES string of the molecule is CCN1CCCCN(C(=O)c2ccc(C(F)(F)F)cc2)[C@@H](C(C)C)COc2ccccc2C1=O. The van der Waals surface area contributed by atoms with Crippen LogP contribution in [0.2, 0.25) is 0 Å². The normalized spacial score (nSPS) is 18.1. The van der Waals surface area contributed by atoms with Crippen LogP contribution in [-0.4, -0.2) is 53.9 Å². The Balaban J connectivity index is 1.92. The van der Waals surface area contributed by atoms with Crippen molar-refractivity contribution in [1.82, 2.24) is 9.80 Å². The van der Waals surface area contributed by atoms with Crippen LogP contribution in [-0.2, 0) is 6.18 Å². The summed E-state index contributed by atoms with van der Waals surface area (Å²) in [6.45, 7) is 7.54. The zero-order chi connectivity index (χ0) is 24.9. The van der Waals surface area contributed by atoms with Gasteiger partial charge in [0.2, 0.25) is 0 Å². The molecule has 1 aliphatic heterocycles. The minimum Gasteiger partial charge on any atom is -0.491 e. The molecule has 0 saturated heterocycles. The van der Waals surface area contributed by atoms with E-state index >= 15 is 0 Å². The molecule has 0 bridgehead atoms. The van der Waals surface area contributed by atoms with Crippen LogP contribution in [0.3, 0.4) is 0 Å². The quantitative estimate of drug-likeness (QED) is 0.587. The Morgan fingerprint density at radius 1 is 1.06 bits per heavy atom. The van der Waals surface area contributed by atoms with Crippen LogP contribution in [0.1, 0.15) is 59.9 Å². The largest absolute Gasteiger partial charge is 0.491 e. The number of hydrogen-bond acceptors (Lipinski definition) is 3. The molecule has 34 heavy (non-hydrogen) atoms. The summed E-state index contributed by atoms with van der Waals surface area (Å²) in [6, 6.07) is 11.1. The average molecular weight is 477 g/mol. The Morgan fingerprint density at radius 3 is 2.32 bits per heavy atom. The van der Waals surface area contributed by atoms with Gasteiger partial charge in [0.15, 0.2) is 0 Å². The maximum atomic E-state index is 13.4. The Morgan fingerprint density at radius 2 is 1.71 bits per heavy atom. The predicted molar refractivity (Wildman–Crippen MR) is 124 cm³/mol. The van der Waals surface area contributed by atoms with Crippen molar-refractivity contribution in [3.05, 3.63) is 65.2 Å². The molecule has 2 aromatic rings. The molecule has 0 aromatic heterocycles. The van der Waals surface area contributed by atoms with E-state index in [9.17, 15) is 22.8 Å². The average Bonchev–Trinajstić information content (AvgIpc) is 2.81. The summed E-state index contributed by atoms with van der Waals surface area (Å²) in [5.74, 6) is 0.0673. The molecule has 1 aliphatic rings. The molecule has 3 rings (SSSR count). The number of carbonyl (C=O) groups excluding carboxylic acids is 2. The summed E-state index contributed by atoms with van der Waals surface area (Å²) in [6.07, 6.45) is -3.11. The van der Waals surface area contributed by atoms with Gasteiger partial charge in [-0.3, -0.25) is 9.59 Å². The highest BCUT2D eigenvalue weighted by atomic mass is 19.4. The highest BCUT2D eigenvalue weighted by Gasteiger charge is 2.32. The number of carbonyl (C=O) groups is 2. The number of amides is 2. The molecule has 0 fully saturated rings. The number of benzene rings is 2. The molecule has 184 valence electrons. The summed E-state index contributed by atoms with van der Waals surface area (Å²) in [5, 5.41) is 0. The Bertz CT molecular complexity index is 990. The second-order valence-electron chi connectivity index (χ2n) is 8.78. The van der Waals surface area contributed by atoms with Gasteiger partial charge in [0.25, 0.3) is 11.8 Å². The lowest BCUT2D eigenvalue weighted by molar-refractivity contribution is -0.137. The van der Waals surface area contributed by atoms with Crippen LogP contribution in [0.5, 0.6) is 5.75 Å². The summed E-state index contributed by atoms with van der Waals surface area (Å²) in [7, 11) is 0. The predicted octanol–water partition coefficient (Wildman–Crippen LogP) is 5.51. The lowest BCUT2D eigenvalue weighted by atomic mass is 10.0. The molecule has 5 nitrogen and oxygen atoms in total. The number of ether oxygens (including phenoxy) is 1. The van der Waals surface area contributed by atoms with E-state index in [1.807, 2.05) is 20.8 Å². The fraction of sp³-hybridized carbons (Fsp3) is 0.462. The number of para-hydroxylation sites is 1. The van der Waals surface area contributed by atoms with Crippen LogP contribution >= 0.6 is 0 Å². The van der Waals surface area contributed by atoms with Crippen LogP contribution in [0, 0.1) is 5.92 Å².